The van der Waals surface area contributed by atoms with E-state index in [2.05, 4.69) is 46.9 Å². The van der Waals surface area contributed by atoms with Crippen molar-refractivity contribution >= 4 is 22.0 Å². The minimum absolute atomic E-state index is 1.41. The molecule has 12 heavy (non-hydrogen) atoms. The predicted molar refractivity (Wildman–Crippen MR) is 58.9 cm³/mol. The first-order valence-corrected chi connectivity index (χ1v) is 14.5. The Hall–Kier alpha value is 0.0187. The quantitative estimate of drug-likeness (QED) is 0.688. The van der Waals surface area contributed by atoms with Crippen LogP contribution in [0.15, 0.2) is 18.2 Å². The van der Waals surface area contributed by atoms with Crippen LogP contribution in [0.2, 0.25) is 14.8 Å². The molecule has 1 heteroatoms. The van der Waals surface area contributed by atoms with Crippen LogP contribution < -0.4 is 3.58 Å². The van der Waals surface area contributed by atoms with E-state index in [-0.39, 0.29) is 0 Å². The Kier molecular flexibility index (Phi) is 2.87. The van der Waals surface area contributed by atoms with Crippen LogP contribution in [-0.2, 0) is 0 Å². The van der Waals surface area contributed by atoms with Gasteiger partial charge in [0.2, 0.25) is 0 Å². The van der Waals surface area contributed by atoms with Gasteiger partial charge in [0, 0.05) is 0 Å². The normalized spacial score (nSPS) is 11.8. The summed E-state index contributed by atoms with van der Waals surface area (Å²) in [5.74, 6) is 0. The fourth-order valence-electron chi connectivity index (χ4n) is 1.41. The zero-order valence-corrected chi connectivity index (χ0v) is 11.6. The standard InChI is InChI=1S/C8H9.3CH3.Sn/c1-7-4-3-5-8(2)6-7;;;;/h4-6H,1-2H3;3*1H3;. The van der Waals surface area contributed by atoms with E-state index in [0.29, 0.717) is 0 Å². The molecule has 0 atom stereocenters. The van der Waals surface area contributed by atoms with Gasteiger partial charge in [0.15, 0.2) is 0 Å². The van der Waals surface area contributed by atoms with Gasteiger partial charge in [-0.2, -0.15) is 0 Å². The first-order valence-electron chi connectivity index (χ1n) is 4.48. The second-order valence-corrected chi connectivity index (χ2v) is 19.1. The summed E-state index contributed by atoms with van der Waals surface area (Å²) in [6.45, 7) is 4.38. The molecule has 0 aliphatic heterocycles. The maximum atomic E-state index is 2.46. The van der Waals surface area contributed by atoms with Crippen LogP contribution in [0.1, 0.15) is 11.1 Å². The van der Waals surface area contributed by atoms with Crippen LogP contribution >= 0.6 is 0 Å². The molecule has 66 valence electrons. The van der Waals surface area contributed by atoms with E-state index >= 15 is 0 Å². The molecule has 0 saturated heterocycles. The van der Waals surface area contributed by atoms with Gasteiger partial charge in [-0.3, -0.25) is 0 Å². The zero-order valence-electron chi connectivity index (χ0n) is 8.73. The van der Waals surface area contributed by atoms with E-state index in [1.807, 2.05) is 0 Å². The van der Waals surface area contributed by atoms with Crippen molar-refractivity contribution in [3.8, 4) is 0 Å². The summed E-state index contributed by atoms with van der Waals surface area (Å²) in [6, 6.07) is 6.98. The van der Waals surface area contributed by atoms with Crippen LogP contribution in [0, 0.1) is 13.8 Å². The molecular formula is C11H18Sn. The van der Waals surface area contributed by atoms with E-state index < -0.39 is 18.4 Å². The minimum atomic E-state index is -1.80. The van der Waals surface area contributed by atoms with Crippen molar-refractivity contribution in [2.75, 3.05) is 0 Å². The maximum absolute atomic E-state index is 2.46. The molecule has 0 aliphatic carbocycles. The number of benzene rings is 1. The molecule has 1 aromatic rings. The van der Waals surface area contributed by atoms with Gasteiger partial charge < -0.3 is 0 Å². The Morgan fingerprint density at radius 3 is 1.58 bits per heavy atom. The van der Waals surface area contributed by atoms with Crippen molar-refractivity contribution in [3.05, 3.63) is 29.3 Å². The monoisotopic (exact) mass is 270 g/mol. The molecule has 0 amide bonds. The molecule has 0 heterocycles. The van der Waals surface area contributed by atoms with Gasteiger partial charge in [-0.15, -0.1) is 0 Å². The molecule has 0 aliphatic rings. The van der Waals surface area contributed by atoms with Gasteiger partial charge in [-0.25, -0.2) is 0 Å². The summed E-state index contributed by atoms with van der Waals surface area (Å²) in [4.78, 5) is 7.38. The summed E-state index contributed by atoms with van der Waals surface area (Å²) in [5.41, 5.74) is 2.83. The fourth-order valence-corrected chi connectivity index (χ4v) is 5.18. The summed E-state index contributed by atoms with van der Waals surface area (Å²) in [5, 5.41) is 0. The summed E-state index contributed by atoms with van der Waals surface area (Å²) < 4.78 is 1.64. The third-order valence-electron chi connectivity index (χ3n) is 2.09. The third kappa shape index (κ3) is 2.51. The molecule has 0 saturated carbocycles. The van der Waals surface area contributed by atoms with Gasteiger partial charge in [0.25, 0.3) is 0 Å². The molecule has 1 aromatic carbocycles. The van der Waals surface area contributed by atoms with Crippen LogP contribution in [0.25, 0.3) is 0 Å². The Morgan fingerprint density at radius 1 is 0.833 bits per heavy atom. The summed E-state index contributed by atoms with van der Waals surface area (Å²) in [7, 11) is 0. The average Bonchev–Trinajstić information content (AvgIpc) is 1.82. The number of aryl methyl sites for hydroxylation is 2. The van der Waals surface area contributed by atoms with E-state index in [1.165, 1.54) is 11.1 Å². The first-order chi connectivity index (χ1) is 5.39. The number of hydrogen-bond donors (Lipinski definition) is 0. The second kappa shape index (κ2) is 3.41. The van der Waals surface area contributed by atoms with Crippen LogP contribution in [0.5, 0.6) is 0 Å². The van der Waals surface area contributed by atoms with Crippen molar-refractivity contribution in [3.63, 3.8) is 0 Å². The van der Waals surface area contributed by atoms with Crippen LogP contribution in [0.4, 0.5) is 0 Å². The summed E-state index contributed by atoms with van der Waals surface area (Å²) >= 11 is -1.80. The molecule has 0 radical (unpaired) electrons. The Bertz CT molecular complexity index is 261. The van der Waals surface area contributed by atoms with E-state index in [0.717, 1.165) is 0 Å². The molecule has 0 aromatic heterocycles. The van der Waals surface area contributed by atoms with Gasteiger partial charge >= 0.3 is 79.9 Å². The third-order valence-corrected chi connectivity index (χ3v) is 7.86. The zero-order chi connectivity index (χ0) is 9.35. The van der Waals surface area contributed by atoms with Crippen molar-refractivity contribution in [1.29, 1.82) is 0 Å². The van der Waals surface area contributed by atoms with Crippen molar-refractivity contribution in [2.24, 2.45) is 0 Å². The van der Waals surface area contributed by atoms with Gasteiger partial charge in [0.05, 0.1) is 0 Å². The van der Waals surface area contributed by atoms with Gasteiger partial charge in [0.1, 0.15) is 0 Å². The van der Waals surface area contributed by atoms with Crippen molar-refractivity contribution < 1.29 is 0 Å². The van der Waals surface area contributed by atoms with E-state index in [9.17, 15) is 0 Å². The molecule has 1 rings (SSSR count). The Balaban J connectivity index is 3.18. The molecular weight excluding hydrogens is 251 g/mol. The fraction of sp³-hybridized carbons (Fsp3) is 0.455. The molecule has 0 unspecified atom stereocenters. The number of rotatable bonds is 1. The molecule has 0 nitrogen and oxygen atoms in total. The molecule has 0 spiro atoms. The van der Waals surface area contributed by atoms with E-state index in [1.54, 1.807) is 3.58 Å². The van der Waals surface area contributed by atoms with Gasteiger partial charge in [-0.05, 0) is 0 Å². The average molecular weight is 269 g/mol. The Morgan fingerprint density at radius 2 is 1.25 bits per heavy atom. The van der Waals surface area contributed by atoms with Crippen molar-refractivity contribution in [1.82, 2.24) is 0 Å². The Labute approximate surface area is 79.9 Å². The SMILES string of the molecule is Cc1cc(C)c[c]([Sn]([CH3])([CH3])[CH3])c1. The van der Waals surface area contributed by atoms with Crippen molar-refractivity contribution in [2.45, 2.75) is 28.7 Å². The predicted octanol–water partition coefficient (Wildman–Crippen LogP) is 2.85. The summed E-state index contributed by atoms with van der Waals surface area (Å²) in [6.07, 6.45) is 0. The first kappa shape index (κ1) is 10.1. The number of hydrogen-bond acceptors (Lipinski definition) is 0. The second-order valence-electron chi connectivity index (χ2n) is 4.63. The van der Waals surface area contributed by atoms with Crippen LogP contribution in [0.3, 0.4) is 0 Å². The molecule has 0 fully saturated rings. The van der Waals surface area contributed by atoms with Crippen LogP contribution in [-0.4, -0.2) is 18.4 Å². The van der Waals surface area contributed by atoms with E-state index in [4.69, 9.17) is 0 Å². The molecule has 0 N–H and O–H groups in total. The van der Waals surface area contributed by atoms with Gasteiger partial charge in [-0.1, -0.05) is 0 Å². The topological polar surface area (TPSA) is 0 Å². The molecule has 0 bridgehead atoms.